The van der Waals surface area contributed by atoms with Gasteiger partial charge in [-0.15, -0.1) is 0 Å². The van der Waals surface area contributed by atoms with E-state index in [0.29, 0.717) is 29.6 Å². The molecule has 0 spiro atoms. The summed E-state index contributed by atoms with van der Waals surface area (Å²) in [5.41, 5.74) is 10.4. The van der Waals surface area contributed by atoms with Gasteiger partial charge in [-0.1, -0.05) is 117 Å². The van der Waals surface area contributed by atoms with Gasteiger partial charge in [0.2, 0.25) is 0 Å². The Kier molecular flexibility index (Phi) is 7.58. The quantitative estimate of drug-likeness (QED) is 0.363. The third kappa shape index (κ3) is 5.00. The Hall–Kier alpha value is -3.32. The number of benzene rings is 1. The molecule has 0 aliphatic heterocycles. The minimum atomic E-state index is 0.232. The lowest BCUT2D eigenvalue weighted by Gasteiger charge is -2.35. The average molecular weight is 528 g/mol. The van der Waals surface area contributed by atoms with Crippen LogP contribution in [-0.4, -0.2) is 0 Å². The smallest absolute Gasteiger partial charge is 0.0232 e. The molecule has 5 atom stereocenters. The molecule has 1 aromatic rings. The highest BCUT2D eigenvalue weighted by Crippen LogP contribution is 2.59. The molecule has 0 radical (unpaired) electrons. The first kappa shape index (κ1) is 26.9. The fourth-order valence-electron chi connectivity index (χ4n) is 8.03. The molecule has 0 bridgehead atoms. The number of fused-ring (bicyclic) bond motifs is 3. The van der Waals surface area contributed by atoms with Crippen LogP contribution < -0.4 is 5.32 Å². The summed E-state index contributed by atoms with van der Waals surface area (Å²) in [5, 5.41) is 3.83. The maximum Gasteiger partial charge on any atom is 0.0232 e. The zero-order valence-corrected chi connectivity index (χ0v) is 24.7. The summed E-state index contributed by atoms with van der Waals surface area (Å²) in [4.78, 5) is 0. The van der Waals surface area contributed by atoms with E-state index in [0.717, 1.165) is 12.8 Å². The summed E-state index contributed by atoms with van der Waals surface area (Å²) in [6.45, 7) is 9.60. The predicted molar refractivity (Wildman–Crippen MR) is 171 cm³/mol. The molecule has 1 nitrogen and oxygen atoms in total. The molecule has 5 aliphatic carbocycles. The van der Waals surface area contributed by atoms with Crippen LogP contribution in [0.1, 0.15) is 65.4 Å². The molecule has 1 saturated carbocycles. The Labute approximate surface area is 242 Å². The average Bonchev–Trinajstić information content (AvgIpc) is 3.22. The molecule has 206 valence electrons. The lowest BCUT2D eigenvalue weighted by Crippen LogP contribution is -2.28. The first-order chi connectivity index (χ1) is 19.5. The van der Waals surface area contributed by atoms with Crippen molar-refractivity contribution < 1.29 is 0 Å². The molecule has 0 saturated heterocycles. The molecule has 5 aliphatic rings. The third-order valence-electron chi connectivity index (χ3n) is 10.4. The SMILES string of the molecule is C/C=C(\C=C\NC1=C(c2ccccc2)C=C2C3C=CC=CC3C(C)(C)C2C1)C1CC=C(C2=CC=CCC2)CC1C. The second-order valence-electron chi connectivity index (χ2n) is 13.0. The highest BCUT2D eigenvalue weighted by atomic mass is 14.9. The summed E-state index contributed by atoms with van der Waals surface area (Å²) in [6, 6.07) is 11.0. The van der Waals surface area contributed by atoms with E-state index < -0.39 is 0 Å². The molecule has 1 aromatic carbocycles. The summed E-state index contributed by atoms with van der Waals surface area (Å²) in [6.07, 6.45) is 33.9. The van der Waals surface area contributed by atoms with E-state index in [1.54, 1.807) is 16.7 Å². The second-order valence-corrected chi connectivity index (χ2v) is 13.0. The first-order valence-electron chi connectivity index (χ1n) is 15.5. The molecule has 5 unspecified atom stereocenters. The van der Waals surface area contributed by atoms with Crippen LogP contribution in [0.2, 0.25) is 0 Å². The van der Waals surface area contributed by atoms with E-state index in [-0.39, 0.29) is 5.41 Å². The van der Waals surface area contributed by atoms with Crippen LogP contribution in [0.15, 0.2) is 131 Å². The minimum Gasteiger partial charge on any atom is -0.364 e. The van der Waals surface area contributed by atoms with Crippen molar-refractivity contribution in [2.75, 3.05) is 0 Å². The van der Waals surface area contributed by atoms with Crippen molar-refractivity contribution in [1.29, 1.82) is 0 Å². The van der Waals surface area contributed by atoms with Crippen molar-refractivity contribution in [3.8, 4) is 0 Å². The highest BCUT2D eigenvalue weighted by molar-refractivity contribution is 5.79. The van der Waals surface area contributed by atoms with Crippen LogP contribution in [0.4, 0.5) is 0 Å². The van der Waals surface area contributed by atoms with Crippen molar-refractivity contribution in [3.63, 3.8) is 0 Å². The lowest BCUT2D eigenvalue weighted by atomic mass is 9.71. The molecule has 0 amide bonds. The van der Waals surface area contributed by atoms with Crippen LogP contribution in [0.5, 0.6) is 0 Å². The third-order valence-corrected chi connectivity index (χ3v) is 10.4. The van der Waals surface area contributed by atoms with Crippen molar-refractivity contribution in [2.24, 2.45) is 35.0 Å². The maximum absolute atomic E-state index is 3.83. The van der Waals surface area contributed by atoms with Crippen LogP contribution in [0, 0.1) is 35.0 Å². The van der Waals surface area contributed by atoms with Crippen molar-refractivity contribution in [2.45, 2.75) is 59.8 Å². The van der Waals surface area contributed by atoms with Gasteiger partial charge in [-0.3, -0.25) is 0 Å². The monoisotopic (exact) mass is 527 g/mol. The van der Waals surface area contributed by atoms with Crippen LogP contribution in [0.25, 0.3) is 5.57 Å². The first-order valence-corrected chi connectivity index (χ1v) is 15.5. The minimum absolute atomic E-state index is 0.232. The van der Waals surface area contributed by atoms with E-state index in [9.17, 15) is 0 Å². The molecule has 0 heterocycles. The number of rotatable bonds is 6. The van der Waals surface area contributed by atoms with Gasteiger partial charge in [-0.05, 0) is 96.5 Å². The van der Waals surface area contributed by atoms with E-state index in [1.807, 2.05) is 0 Å². The lowest BCUT2D eigenvalue weighted by molar-refractivity contribution is 0.215. The molecule has 0 aromatic heterocycles. The molecule has 1 fully saturated rings. The maximum atomic E-state index is 3.83. The number of hydrogen-bond acceptors (Lipinski definition) is 1. The summed E-state index contributed by atoms with van der Waals surface area (Å²) < 4.78 is 0. The van der Waals surface area contributed by atoms with Crippen LogP contribution >= 0.6 is 0 Å². The fraction of sp³-hybridized carbons (Fsp3) is 0.385. The van der Waals surface area contributed by atoms with Crippen molar-refractivity contribution in [1.82, 2.24) is 5.32 Å². The van der Waals surface area contributed by atoms with Gasteiger partial charge in [0.25, 0.3) is 0 Å². The van der Waals surface area contributed by atoms with E-state index in [1.165, 1.54) is 41.7 Å². The van der Waals surface area contributed by atoms with Gasteiger partial charge in [0.1, 0.15) is 0 Å². The molecular weight excluding hydrogens is 482 g/mol. The van der Waals surface area contributed by atoms with Gasteiger partial charge in [0, 0.05) is 23.4 Å². The standard InChI is InChI=1S/C39H45N/c1-5-28(32-21-20-31(24-27(32)2)29-14-8-6-9-15-29)22-23-40-38-26-37-35(25-34(38)30-16-10-7-11-17-30)33-18-12-13-19-36(33)39(37,3)4/h5-8,10-14,16-20,22-23,25,27,32-33,36-37,40H,9,15,21,24,26H2,1-4H3/b23-22+,28-5+. The van der Waals surface area contributed by atoms with Gasteiger partial charge in [-0.2, -0.15) is 0 Å². The highest BCUT2D eigenvalue weighted by Gasteiger charge is 2.51. The second kappa shape index (κ2) is 11.3. The zero-order chi connectivity index (χ0) is 27.7. The van der Waals surface area contributed by atoms with E-state index in [2.05, 4.69) is 136 Å². The topological polar surface area (TPSA) is 12.0 Å². The Morgan fingerprint density at radius 3 is 2.58 bits per heavy atom. The molecule has 1 heteroatoms. The van der Waals surface area contributed by atoms with Gasteiger partial charge < -0.3 is 5.32 Å². The predicted octanol–water partition coefficient (Wildman–Crippen LogP) is 10.0. The zero-order valence-electron chi connectivity index (χ0n) is 24.7. The Bertz CT molecular complexity index is 1400. The van der Waals surface area contributed by atoms with Crippen LogP contribution in [0.3, 0.4) is 0 Å². The van der Waals surface area contributed by atoms with Gasteiger partial charge in [0.05, 0.1) is 0 Å². The number of nitrogens with one attached hydrogen (secondary N) is 1. The van der Waals surface area contributed by atoms with Gasteiger partial charge >= 0.3 is 0 Å². The fourth-order valence-corrected chi connectivity index (χ4v) is 8.03. The molecule has 1 N–H and O–H groups in total. The summed E-state index contributed by atoms with van der Waals surface area (Å²) in [7, 11) is 0. The van der Waals surface area contributed by atoms with E-state index >= 15 is 0 Å². The van der Waals surface area contributed by atoms with Crippen molar-refractivity contribution in [3.05, 3.63) is 137 Å². The Balaban J connectivity index is 1.25. The van der Waals surface area contributed by atoms with Crippen LogP contribution in [-0.2, 0) is 0 Å². The number of hydrogen-bond donors (Lipinski definition) is 1. The summed E-state index contributed by atoms with van der Waals surface area (Å²) >= 11 is 0. The summed E-state index contributed by atoms with van der Waals surface area (Å²) in [5.74, 6) is 2.85. The Morgan fingerprint density at radius 1 is 1.00 bits per heavy atom. The normalized spacial score (nSPS) is 31.1. The molecule has 40 heavy (non-hydrogen) atoms. The number of allylic oxidation sites excluding steroid dienone is 17. The van der Waals surface area contributed by atoms with E-state index in [4.69, 9.17) is 0 Å². The molecule has 6 rings (SSSR count). The molecular formula is C39H45N. The largest absolute Gasteiger partial charge is 0.364 e. The van der Waals surface area contributed by atoms with Gasteiger partial charge in [0.15, 0.2) is 0 Å². The van der Waals surface area contributed by atoms with Crippen molar-refractivity contribution >= 4 is 5.57 Å². The Morgan fingerprint density at radius 2 is 1.82 bits per heavy atom. The van der Waals surface area contributed by atoms with Gasteiger partial charge in [-0.25, -0.2) is 0 Å².